The molecule has 20 heavy (non-hydrogen) atoms. The Hall–Kier alpha value is -2.53. The molecule has 8 heteroatoms. The lowest BCUT2D eigenvalue weighted by molar-refractivity contribution is 0.213. The third-order valence-corrected chi connectivity index (χ3v) is 3.05. The first kappa shape index (κ1) is 13.9. The molecule has 0 bridgehead atoms. The van der Waals surface area contributed by atoms with Gasteiger partial charge in [-0.1, -0.05) is 13.8 Å². The molecule has 2 aromatic rings. The van der Waals surface area contributed by atoms with Crippen molar-refractivity contribution in [1.82, 2.24) is 15.2 Å². The fourth-order valence-electron chi connectivity index (χ4n) is 1.25. The highest BCUT2D eigenvalue weighted by molar-refractivity contribution is 7.13. The molecule has 0 saturated carbocycles. The van der Waals surface area contributed by atoms with Crippen LogP contribution >= 0.6 is 11.3 Å². The first-order valence-electron chi connectivity index (χ1n) is 5.76. The van der Waals surface area contributed by atoms with E-state index in [1.807, 2.05) is 25.3 Å². The number of carbonyl (C=O) groups excluding carboxylic acids is 1. The Balaban J connectivity index is 1.96. The van der Waals surface area contributed by atoms with Gasteiger partial charge in [0.05, 0.1) is 5.69 Å². The molecule has 0 fully saturated rings. The zero-order valence-electron chi connectivity index (χ0n) is 10.8. The minimum atomic E-state index is -0.700. The molecule has 0 unspecified atom stereocenters. The Morgan fingerprint density at radius 1 is 1.45 bits per heavy atom. The van der Waals surface area contributed by atoms with Crippen molar-refractivity contribution in [1.29, 1.82) is 5.26 Å². The molecule has 0 aliphatic heterocycles. The summed E-state index contributed by atoms with van der Waals surface area (Å²) in [6.45, 7) is 4.03. The minimum absolute atomic E-state index is 0.0159. The van der Waals surface area contributed by atoms with Crippen molar-refractivity contribution in [3.63, 3.8) is 0 Å². The summed E-state index contributed by atoms with van der Waals surface area (Å²) in [7, 11) is 0. The van der Waals surface area contributed by atoms with Crippen LogP contribution in [0.5, 0.6) is 5.88 Å². The molecule has 0 atom stereocenters. The molecule has 0 spiro atoms. The average Bonchev–Trinajstić information content (AvgIpc) is 2.88. The van der Waals surface area contributed by atoms with E-state index in [4.69, 9.17) is 10.00 Å². The second kappa shape index (κ2) is 6.08. The van der Waals surface area contributed by atoms with Gasteiger partial charge in [-0.25, -0.2) is 9.78 Å². The normalized spacial score (nSPS) is 10.1. The van der Waals surface area contributed by atoms with Gasteiger partial charge in [0.1, 0.15) is 6.07 Å². The van der Waals surface area contributed by atoms with Crippen LogP contribution in [0.4, 0.5) is 9.93 Å². The summed E-state index contributed by atoms with van der Waals surface area (Å²) < 4.78 is 4.92. The van der Waals surface area contributed by atoms with Gasteiger partial charge in [0, 0.05) is 11.4 Å². The Kier molecular flexibility index (Phi) is 4.22. The molecular weight excluding hydrogens is 278 g/mol. The Bertz CT molecular complexity index is 645. The maximum atomic E-state index is 11.6. The Morgan fingerprint density at radius 2 is 2.25 bits per heavy atom. The van der Waals surface area contributed by atoms with E-state index in [-0.39, 0.29) is 11.6 Å². The van der Waals surface area contributed by atoms with Gasteiger partial charge in [-0.15, -0.1) is 21.5 Å². The SMILES string of the molecule is CC(C)c1csc(NC(=O)Oc2ccc(C#N)nn2)n1. The molecular formula is C12H11N5O2S. The molecule has 0 aromatic carbocycles. The number of hydrogen-bond acceptors (Lipinski definition) is 7. The fraction of sp³-hybridized carbons (Fsp3) is 0.250. The van der Waals surface area contributed by atoms with E-state index < -0.39 is 6.09 Å². The van der Waals surface area contributed by atoms with Crippen LogP contribution in [0.25, 0.3) is 0 Å². The smallest absolute Gasteiger partial charge is 0.389 e. The topological polar surface area (TPSA) is 101 Å². The van der Waals surface area contributed by atoms with E-state index in [0.29, 0.717) is 11.0 Å². The lowest BCUT2D eigenvalue weighted by Gasteiger charge is -2.02. The molecule has 2 aromatic heterocycles. The number of amides is 1. The summed E-state index contributed by atoms with van der Waals surface area (Å²) in [5.74, 6) is 0.310. The number of nitriles is 1. The van der Waals surface area contributed by atoms with Crippen LogP contribution in [-0.2, 0) is 0 Å². The van der Waals surface area contributed by atoms with Gasteiger partial charge < -0.3 is 4.74 Å². The molecule has 1 N–H and O–H groups in total. The van der Waals surface area contributed by atoms with Crippen molar-refractivity contribution in [2.45, 2.75) is 19.8 Å². The first-order chi connectivity index (χ1) is 9.58. The molecule has 7 nitrogen and oxygen atoms in total. The number of carbonyl (C=O) groups is 1. The molecule has 1 amide bonds. The van der Waals surface area contributed by atoms with Crippen LogP contribution in [0, 0.1) is 11.3 Å². The fourth-order valence-corrected chi connectivity index (χ4v) is 2.11. The molecule has 102 valence electrons. The van der Waals surface area contributed by atoms with Crippen molar-refractivity contribution < 1.29 is 9.53 Å². The number of ether oxygens (including phenoxy) is 1. The molecule has 2 heterocycles. The van der Waals surface area contributed by atoms with Gasteiger partial charge in [-0.05, 0) is 12.0 Å². The lowest BCUT2D eigenvalue weighted by atomic mass is 10.2. The third kappa shape index (κ3) is 3.49. The second-order valence-corrected chi connectivity index (χ2v) is 4.97. The standard InChI is InChI=1S/C12H11N5O2S/c1-7(2)9-6-20-11(14-9)15-12(18)19-10-4-3-8(5-13)16-17-10/h3-4,6-7H,1-2H3,(H,14,15,18). The molecule has 0 aliphatic carbocycles. The van der Waals surface area contributed by atoms with Crippen molar-refractivity contribution in [2.75, 3.05) is 5.32 Å². The van der Waals surface area contributed by atoms with Gasteiger partial charge >= 0.3 is 6.09 Å². The van der Waals surface area contributed by atoms with Crippen LogP contribution in [0.1, 0.15) is 31.2 Å². The van der Waals surface area contributed by atoms with Crippen molar-refractivity contribution in [3.05, 3.63) is 28.9 Å². The maximum absolute atomic E-state index is 11.6. The van der Waals surface area contributed by atoms with E-state index in [1.165, 1.54) is 23.5 Å². The summed E-state index contributed by atoms with van der Waals surface area (Å²) >= 11 is 1.32. The highest BCUT2D eigenvalue weighted by Crippen LogP contribution is 2.21. The van der Waals surface area contributed by atoms with Gasteiger partial charge in [0.25, 0.3) is 0 Å². The second-order valence-electron chi connectivity index (χ2n) is 4.12. The highest BCUT2D eigenvalue weighted by Gasteiger charge is 2.11. The van der Waals surface area contributed by atoms with Gasteiger partial charge in [0.15, 0.2) is 10.8 Å². The number of rotatable bonds is 3. The number of anilines is 1. The minimum Gasteiger partial charge on any atom is -0.389 e. The summed E-state index contributed by atoms with van der Waals surface area (Å²) in [6.07, 6.45) is -0.700. The van der Waals surface area contributed by atoms with Gasteiger partial charge in [-0.2, -0.15) is 5.26 Å². The van der Waals surface area contributed by atoms with Crippen molar-refractivity contribution >= 4 is 22.6 Å². The zero-order valence-corrected chi connectivity index (χ0v) is 11.6. The maximum Gasteiger partial charge on any atom is 0.420 e. The van der Waals surface area contributed by atoms with Crippen LogP contribution in [0.2, 0.25) is 0 Å². The Morgan fingerprint density at radius 3 is 2.80 bits per heavy atom. The molecule has 0 aliphatic rings. The molecule has 0 saturated heterocycles. The lowest BCUT2D eigenvalue weighted by Crippen LogP contribution is -2.17. The number of nitrogens with zero attached hydrogens (tertiary/aromatic N) is 4. The largest absolute Gasteiger partial charge is 0.420 e. The quantitative estimate of drug-likeness (QED) is 0.931. The molecule has 0 radical (unpaired) electrons. The average molecular weight is 289 g/mol. The van der Waals surface area contributed by atoms with E-state index in [2.05, 4.69) is 20.5 Å². The van der Waals surface area contributed by atoms with Crippen LogP contribution in [0.15, 0.2) is 17.5 Å². The number of thiazole rings is 1. The van der Waals surface area contributed by atoms with Crippen LogP contribution in [0.3, 0.4) is 0 Å². The zero-order chi connectivity index (χ0) is 14.5. The van der Waals surface area contributed by atoms with E-state index >= 15 is 0 Å². The predicted molar refractivity (Wildman–Crippen MR) is 72.6 cm³/mol. The monoisotopic (exact) mass is 289 g/mol. The van der Waals surface area contributed by atoms with Crippen LogP contribution < -0.4 is 10.1 Å². The predicted octanol–water partition coefficient (Wildman–Crippen LogP) is 2.54. The van der Waals surface area contributed by atoms with E-state index in [9.17, 15) is 4.79 Å². The van der Waals surface area contributed by atoms with E-state index in [0.717, 1.165) is 5.69 Å². The van der Waals surface area contributed by atoms with E-state index in [1.54, 1.807) is 0 Å². The summed E-state index contributed by atoms with van der Waals surface area (Å²) in [4.78, 5) is 15.9. The van der Waals surface area contributed by atoms with Crippen molar-refractivity contribution in [2.24, 2.45) is 0 Å². The van der Waals surface area contributed by atoms with Gasteiger partial charge in [0.2, 0.25) is 5.88 Å². The summed E-state index contributed by atoms with van der Waals surface area (Å²) in [5, 5.41) is 20.6. The van der Waals surface area contributed by atoms with Crippen LogP contribution in [-0.4, -0.2) is 21.3 Å². The summed E-state index contributed by atoms with van der Waals surface area (Å²) in [6, 6.07) is 4.63. The highest BCUT2D eigenvalue weighted by atomic mass is 32.1. The number of nitrogens with one attached hydrogen (secondary N) is 1. The Labute approximate surface area is 119 Å². The first-order valence-corrected chi connectivity index (χ1v) is 6.64. The third-order valence-electron chi connectivity index (χ3n) is 2.27. The summed E-state index contributed by atoms with van der Waals surface area (Å²) in [5.41, 5.74) is 1.06. The van der Waals surface area contributed by atoms with Crippen molar-refractivity contribution in [3.8, 4) is 11.9 Å². The number of aromatic nitrogens is 3. The molecule has 2 rings (SSSR count). The number of hydrogen-bond donors (Lipinski definition) is 1. The van der Waals surface area contributed by atoms with Gasteiger partial charge in [-0.3, -0.25) is 5.32 Å².